The van der Waals surface area contributed by atoms with Gasteiger partial charge in [-0.25, -0.2) is 14.6 Å². The lowest BCUT2D eigenvalue weighted by molar-refractivity contribution is -0.120. The van der Waals surface area contributed by atoms with E-state index in [9.17, 15) is 4.79 Å². The molecule has 0 spiro atoms. The Morgan fingerprint density at radius 2 is 1.90 bits per heavy atom. The minimum Gasteiger partial charge on any atom is -0.378 e. The maximum absolute atomic E-state index is 12.6. The molecular formula is C20H24N8O2. The van der Waals surface area contributed by atoms with Crippen LogP contribution in [0.3, 0.4) is 0 Å². The van der Waals surface area contributed by atoms with Gasteiger partial charge in [0.05, 0.1) is 19.1 Å². The predicted octanol–water partition coefficient (Wildman–Crippen LogP) is 1.15. The normalized spacial score (nSPS) is 17.2. The third kappa shape index (κ3) is 3.43. The fourth-order valence-electron chi connectivity index (χ4n) is 3.86. The Bertz CT molecular complexity index is 1040. The third-order valence-electron chi connectivity index (χ3n) is 5.64. The molecule has 1 amide bonds. The fourth-order valence-corrected chi connectivity index (χ4v) is 3.86. The molecule has 0 saturated carbocycles. The summed E-state index contributed by atoms with van der Waals surface area (Å²) in [5.74, 6) is 0.668. The lowest BCUT2D eigenvalue weighted by atomic mass is 9.99. The number of morpholine rings is 1. The molecule has 0 radical (unpaired) electrons. The number of aromatic nitrogens is 5. The molecule has 2 aromatic heterocycles. The summed E-state index contributed by atoms with van der Waals surface area (Å²) in [5, 5.41) is 11.3. The second-order valence-corrected chi connectivity index (χ2v) is 7.51. The zero-order valence-corrected chi connectivity index (χ0v) is 16.9. The Kier molecular flexibility index (Phi) is 4.91. The molecule has 4 heterocycles. The quantitative estimate of drug-likeness (QED) is 0.671. The van der Waals surface area contributed by atoms with Gasteiger partial charge in [-0.05, 0) is 31.2 Å². The number of amides is 1. The Labute approximate surface area is 173 Å². The number of nitrogens with zero attached hydrogens (tertiary/aromatic N) is 7. The van der Waals surface area contributed by atoms with Crippen molar-refractivity contribution in [1.82, 2.24) is 25.0 Å². The van der Waals surface area contributed by atoms with Gasteiger partial charge >= 0.3 is 0 Å². The number of fused-ring (bicyclic) bond motifs is 1. The Morgan fingerprint density at radius 1 is 1.13 bits per heavy atom. The number of anilines is 3. The highest BCUT2D eigenvalue weighted by Crippen LogP contribution is 2.28. The van der Waals surface area contributed by atoms with Gasteiger partial charge in [-0.3, -0.25) is 4.79 Å². The van der Waals surface area contributed by atoms with Crippen molar-refractivity contribution in [2.75, 3.05) is 54.5 Å². The second-order valence-electron chi connectivity index (χ2n) is 7.51. The maximum atomic E-state index is 12.6. The highest BCUT2D eigenvalue weighted by atomic mass is 16.5. The molecule has 2 aliphatic rings. The Balaban J connectivity index is 1.20. The Morgan fingerprint density at radius 3 is 2.63 bits per heavy atom. The van der Waals surface area contributed by atoms with Gasteiger partial charge in [0, 0.05) is 44.1 Å². The van der Waals surface area contributed by atoms with Gasteiger partial charge in [-0.2, -0.15) is 0 Å². The van der Waals surface area contributed by atoms with Crippen molar-refractivity contribution in [3.8, 4) is 0 Å². The number of aryl methyl sites for hydroxylation is 1. The number of ether oxygens (including phenoxy) is 1. The first-order chi connectivity index (χ1) is 14.7. The molecule has 1 aromatic carbocycles. The van der Waals surface area contributed by atoms with Gasteiger partial charge in [-0.1, -0.05) is 5.21 Å². The maximum Gasteiger partial charge on any atom is 0.231 e. The first kappa shape index (κ1) is 18.7. The topological polar surface area (TPSA) is 101 Å². The first-order valence-corrected chi connectivity index (χ1v) is 10.3. The summed E-state index contributed by atoms with van der Waals surface area (Å²) >= 11 is 0. The molecular weight excluding hydrogens is 384 g/mol. The van der Waals surface area contributed by atoms with Crippen LogP contribution in [0.2, 0.25) is 0 Å². The third-order valence-corrected chi connectivity index (χ3v) is 5.64. The minimum atomic E-state index is -0.0878. The summed E-state index contributed by atoms with van der Waals surface area (Å²) in [6.07, 6.45) is 1.52. The minimum absolute atomic E-state index is 0.0212. The predicted molar refractivity (Wildman–Crippen MR) is 113 cm³/mol. The van der Waals surface area contributed by atoms with Gasteiger partial charge in [0.2, 0.25) is 5.91 Å². The van der Waals surface area contributed by atoms with Gasteiger partial charge in [0.25, 0.3) is 0 Å². The van der Waals surface area contributed by atoms with E-state index < -0.39 is 0 Å². The zero-order valence-electron chi connectivity index (χ0n) is 16.9. The van der Waals surface area contributed by atoms with Crippen LogP contribution in [0.5, 0.6) is 0 Å². The van der Waals surface area contributed by atoms with Crippen LogP contribution in [0.4, 0.5) is 17.2 Å². The zero-order chi connectivity index (χ0) is 20.5. The fraction of sp³-hybridized carbons (Fsp3) is 0.450. The summed E-state index contributed by atoms with van der Waals surface area (Å²) in [6.45, 7) is 7.19. The van der Waals surface area contributed by atoms with Crippen LogP contribution in [0, 0.1) is 5.92 Å². The lowest BCUT2D eigenvalue weighted by Crippen LogP contribution is -2.52. The van der Waals surface area contributed by atoms with Crippen molar-refractivity contribution < 1.29 is 9.53 Å². The van der Waals surface area contributed by atoms with E-state index >= 15 is 0 Å². The van der Waals surface area contributed by atoms with E-state index in [1.807, 2.05) is 36.1 Å². The molecule has 10 heteroatoms. The van der Waals surface area contributed by atoms with Crippen molar-refractivity contribution in [3.63, 3.8) is 0 Å². The van der Waals surface area contributed by atoms with Gasteiger partial charge in [0.15, 0.2) is 17.0 Å². The average molecular weight is 408 g/mol. The van der Waals surface area contributed by atoms with Crippen LogP contribution < -0.4 is 15.1 Å². The highest BCUT2D eigenvalue weighted by molar-refractivity contribution is 5.95. The highest BCUT2D eigenvalue weighted by Gasteiger charge is 2.35. The molecule has 0 bridgehead atoms. The molecule has 30 heavy (non-hydrogen) atoms. The van der Waals surface area contributed by atoms with Crippen molar-refractivity contribution >= 4 is 34.3 Å². The molecule has 5 rings (SSSR count). The number of hydrogen-bond donors (Lipinski definition) is 1. The molecule has 0 aliphatic carbocycles. The van der Waals surface area contributed by atoms with Gasteiger partial charge in [0.1, 0.15) is 6.33 Å². The SMILES string of the molecule is CCn1nnc2c(N3CC(C(=O)Nc4ccc(N5CCOCC5)cc4)C3)ncnc21. The lowest BCUT2D eigenvalue weighted by Gasteiger charge is -2.38. The number of carbonyl (C=O) groups is 1. The molecule has 0 atom stereocenters. The van der Waals surface area contributed by atoms with E-state index in [0.717, 1.165) is 49.1 Å². The molecule has 156 valence electrons. The van der Waals surface area contributed by atoms with Crippen LogP contribution in [0.25, 0.3) is 11.2 Å². The van der Waals surface area contributed by atoms with E-state index in [1.165, 1.54) is 6.33 Å². The van der Waals surface area contributed by atoms with Crippen LogP contribution in [0.1, 0.15) is 6.92 Å². The van der Waals surface area contributed by atoms with Crippen LogP contribution in [0.15, 0.2) is 30.6 Å². The van der Waals surface area contributed by atoms with Crippen LogP contribution in [-0.4, -0.2) is 70.3 Å². The van der Waals surface area contributed by atoms with Crippen LogP contribution in [-0.2, 0) is 16.1 Å². The summed E-state index contributed by atoms with van der Waals surface area (Å²) in [6, 6.07) is 8.00. The van der Waals surface area contributed by atoms with Crippen molar-refractivity contribution in [2.45, 2.75) is 13.5 Å². The van der Waals surface area contributed by atoms with E-state index in [0.29, 0.717) is 25.2 Å². The van der Waals surface area contributed by atoms with E-state index in [2.05, 4.69) is 30.5 Å². The number of hydrogen-bond acceptors (Lipinski definition) is 8. The van der Waals surface area contributed by atoms with Crippen molar-refractivity contribution in [2.24, 2.45) is 5.92 Å². The summed E-state index contributed by atoms with van der Waals surface area (Å²) in [7, 11) is 0. The second kappa shape index (κ2) is 7.86. The van der Waals surface area contributed by atoms with Crippen molar-refractivity contribution in [1.29, 1.82) is 0 Å². The van der Waals surface area contributed by atoms with Gasteiger partial charge in [-0.15, -0.1) is 5.10 Å². The van der Waals surface area contributed by atoms with Gasteiger partial charge < -0.3 is 19.9 Å². The average Bonchev–Trinajstić information content (AvgIpc) is 3.18. The van der Waals surface area contributed by atoms with Crippen LogP contribution >= 0.6 is 0 Å². The molecule has 2 fully saturated rings. The summed E-state index contributed by atoms with van der Waals surface area (Å²) in [5.41, 5.74) is 3.36. The number of carbonyl (C=O) groups excluding carboxylic acids is 1. The number of rotatable bonds is 5. The van der Waals surface area contributed by atoms with E-state index in [4.69, 9.17) is 4.74 Å². The standard InChI is InChI=1S/C20H24N8O2/c1-2-28-19-17(24-25-28)18(21-13-22-19)27-11-14(12-27)20(29)23-15-3-5-16(6-4-15)26-7-9-30-10-8-26/h3-6,13-14H,2,7-12H2,1H3,(H,23,29). The smallest absolute Gasteiger partial charge is 0.231 e. The molecule has 1 N–H and O–H groups in total. The number of nitrogens with one attached hydrogen (secondary N) is 1. The largest absolute Gasteiger partial charge is 0.378 e. The van der Waals surface area contributed by atoms with E-state index in [1.54, 1.807) is 4.68 Å². The number of benzene rings is 1. The molecule has 3 aromatic rings. The molecule has 10 nitrogen and oxygen atoms in total. The molecule has 2 saturated heterocycles. The molecule has 2 aliphatic heterocycles. The Hall–Kier alpha value is -3.27. The summed E-state index contributed by atoms with van der Waals surface area (Å²) < 4.78 is 7.14. The summed E-state index contributed by atoms with van der Waals surface area (Å²) in [4.78, 5) is 25.6. The van der Waals surface area contributed by atoms with E-state index in [-0.39, 0.29) is 11.8 Å². The first-order valence-electron chi connectivity index (χ1n) is 10.3. The monoisotopic (exact) mass is 408 g/mol. The van der Waals surface area contributed by atoms with Crippen molar-refractivity contribution in [3.05, 3.63) is 30.6 Å². The molecule has 0 unspecified atom stereocenters.